The highest BCUT2D eigenvalue weighted by molar-refractivity contribution is 5.97. The van der Waals surface area contributed by atoms with Gasteiger partial charge in [-0.3, -0.25) is 4.79 Å². The minimum Gasteiger partial charge on any atom is -0.497 e. The molecule has 1 fully saturated rings. The zero-order chi connectivity index (χ0) is 19.7. The number of carbonyl (C=O) groups is 1. The lowest BCUT2D eigenvalue weighted by Crippen LogP contribution is -2.49. The van der Waals surface area contributed by atoms with E-state index >= 15 is 0 Å². The molecule has 1 aromatic heterocycles. The molecule has 0 unspecified atom stereocenters. The van der Waals surface area contributed by atoms with Gasteiger partial charge in [-0.15, -0.1) is 0 Å². The predicted molar refractivity (Wildman–Crippen MR) is 102 cm³/mol. The number of amides is 1. The Bertz CT molecular complexity index is 894. The number of methoxy groups -OCH3 is 2. The summed E-state index contributed by atoms with van der Waals surface area (Å²) in [5.74, 6) is 1.33. The van der Waals surface area contributed by atoms with Crippen molar-refractivity contribution in [3.63, 3.8) is 0 Å². The van der Waals surface area contributed by atoms with Crippen LogP contribution in [-0.2, 0) is 16.8 Å². The second-order valence-corrected chi connectivity index (χ2v) is 7.05. The second-order valence-electron chi connectivity index (χ2n) is 7.05. The SMILES string of the molecule is COc1ccc(OC)c(C(=O)N2CCC3(CC2)OCCc2cnc(N)nc23)c1. The highest BCUT2D eigenvalue weighted by atomic mass is 16.5. The highest BCUT2D eigenvalue weighted by Gasteiger charge is 2.43. The number of benzene rings is 1. The maximum absolute atomic E-state index is 13.1. The standard InChI is InChI=1S/C20H24N4O4/c1-26-14-3-4-16(27-2)15(11-14)18(25)24-8-6-20(7-9-24)17-13(5-10-28-20)12-22-19(21)23-17/h3-4,11-12H,5-10H2,1-2H3,(H2,21,22,23). The van der Waals surface area contributed by atoms with Crippen LogP contribution < -0.4 is 15.2 Å². The third-order valence-electron chi connectivity index (χ3n) is 5.56. The molecule has 0 aliphatic carbocycles. The van der Waals surface area contributed by atoms with Gasteiger partial charge in [-0.1, -0.05) is 0 Å². The predicted octanol–water partition coefficient (Wildman–Crippen LogP) is 1.78. The fourth-order valence-electron chi connectivity index (χ4n) is 4.03. The molecular formula is C20H24N4O4. The number of nitrogens with two attached hydrogens (primary N) is 1. The van der Waals surface area contributed by atoms with Crippen molar-refractivity contribution >= 4 is 11.9 Å². The second kappa shape index (κ2) is 7.27. The third kappa shape index (κ3) is 3.13. The van der Waals surface area contributed by atoms with Gasteiger partial charge in [-0.05, 0) is 43.0 Å². The Morgan fingerprint density at radius 3 is 2.75 bits per heavy atom. The molecule has 28 heavy (non-hydrogen) atoms. The maximum Gasteiger partial charge on any atom is 0.257 e. The number of anilines is 1. The summed E-state index contributed by atoms with van der Waals surface area (Å²) in [7, 11) is 3.13. The molecule has 1 spiro atoms. The Hall–Kier alpha value is -2.87. The van der Waals surface area contributed by atoms with Crippen molar-refractivity contribution in [2.45, 2.75) is 24.9 Å². The van der Waals surface area contributed by atoms with E-state index in [1.807, 2.05) is 4.90 Å². The van der Waals surface area contributed by atoms with Crippen LogP contribution in [0.1, 0.15) is 34.5 Å². The highest BCUT2D eigenvalue weighted by Crippen LogP contribution is 2.41. The van der Waals surface area contributed by atoms with Gasteiger partial charge in [0.05, 0.1) is 32.1 Å². The Morgan fingerprint density at radius 1 is 1.25 bits per heavy atom. The van der Waals surface area contributed by atoms with Gasteiger partial charge in [0.2, 0.25) is 5.95 Å². The first kappa shape index (κ1) is 18.5. The summed E-state index contributed by atoms with van der Waals surface area (Å²) in [4.78, 5) is 23.5. The molecule has 0 atom stereocenters. The van der Waals surface area contributed by atoms with Crippen molar-refractivity contribution in [1.29, 1.82) is 0 Å². The molecule has 3 heterocycles. The van der Waals surface area contributed by atoms with Crippen LogP contribution in [0.15, 0.2) is 24.4 Å². The average Bonchev–Trinajstić information content (AvgIpc) is 2.74. The summed E-state index contributed by atoms with van der Waals surface area (Å²) in [5.41, 5.74) is 7.76. The van der Waals surface area contributed by atoms with Crippen molar-refractivity contribution in [1.82, 2.24) is 14.9 Å². The maximum atomic E-state index is 13.1. The summed E-state index contributed by atoms with van der Waals surface area (Å²) in [5, 5.41) is 0. The molecule has 1 aromatic carbocycles. The van der Waals surface area contributed by atoms with Gasteiger partial charge < -0.3 is 24.8 Å². The first-order valence-electron chi connectivity index (χ1n) is 9.33. The number of nitrogen functional groups attached to an aromatic ring is 1. The molecular weight excluding hydrogens is 360 g/mol. The Labute approximate surface area is 163 Å². The quantitative estimate of drug-likeness (QED) is 0.861. The fraction of sp³-hybridized carbons (Fsp3) is 0.450. The minimum absolute atomic E-state index is 0.0798. The minimum atomic E-state index is -0.500. The average molecular weight is 384 g/mol. The molecule has 2 aliphatic rings. The van der Waals surface area contributed by atoms with Crippen LogP contribution >= 0.6 is 0 Å². The van der Waals surface area contributed by atoms with Gasteiger partial charge in [0, 0.05) is 19.3 Å². The normalized spacial score (nSPS) is 17.9. The molecule has 1 amide bonds. The van der Waals surface area contributed by atoms with E-state index in [-0.39, 0.29) is 11.9 Å². The van der Waals surface area contributed by atoms with Crippen molar-refractivity contribution in [2.75, 3.05) is 39.6 Å². The lowest BCUT2D eigenvalue weighted by atomic mass is 9.83. The lowest BCUT2D eigenvalue weighted by molar-refractivity contribution is -0.0966. The number of nitrogens with zero attached hydrogens (tertiary/aromatic N) is 3. The number of ether oxygens (including phenoxy) is 3. The third-order valence-corrected chi connectivity index (χ3v) is 5.56. The van der Waals surface area contributed by atoms with Crippen molar-refractivity contribution < 1.29 is 19.0 Å². The molecule has 8 heteroatoms. The fourth-order valence-corrected chi connectivity index (χ4v) is 4.03. The van der Waals surface area contributed by atoms with E-state index in [1.165, 1.54) is 0 Å². The summed E-state index contributed by atoms with van der Waals surface area (Å²) in [6.07, 6.45) is 3.89. The topological polar surface area (TPSA) is 99.8 Å². The van der Waals surface area contributed by atoms with Crippen LogP contribution in [0.2, 0.25) is 0 Å². The van der Waals surface area contributed by atoms with Crippen LogP contribution in [0.5, 0.6) is 11.5 Å². The molecule has 148 valence electrons. The molecule has 2 aliphatic heterocycles. The number of hydrogen-bond donors (Lipinski definition) is 1. The monoisotopic (exact) mass is 384 g/mol. The first-order valence-corrected chi connectivity index (χ1v) is 9.33. The van der Waals surface area contributed by atoms with Gasteiger partial charge in [0.25, 0.3) is 5.91 Å². The Balaban J connectivity index is 1.56. The van der Waals surface area contributed by atoms with Gasteiger partial charge in [-0.25, -0.2) is 9.97 Å². The van der Waals surface area contributed by atoms with E-state index in [2.05, 4.69) is 9.97 Å². The van der Waals surface area contributed by atoms with Crippen molar-refractivity contribution in [2.24, 2.45) is 0 Å². The smallest absolute Gasteiger partial charge is 0.257 e. The molecule has 8 nitrogen and oxygen atoms in total. The van der Waals surface area contributed by atoms with Crippen LogP contribution in [0.25, 0.3) is 0 Å². The number of piperidine rings is 1. The van der Waals surface area contributed by atoms with Crippen LogP contribution in [0.4, 0.5) is 5.95 Å². The molecule has 4 rings (SSSR count). The Morgan fingerprint density at radius 2 is 2.04 bits per heavy atom. The van der Waals surface area contributed by atoms with Gasteiger partial charge >= 0.3 is 0 Å². The summed E-state index contributed by atoms with van der Waals surface area (Å²) < 4.78 is 16.8. The van der Waals surface area contributed by atoms with E-state index in [0.29, 0.717) is 49.6 Å². The Kier molecular flexibility index (Phi) is 4.80. The van der Waals surface area contributed by atoms with Crippen LogP contribution in [-0.4, -0.2) is 54.7 Å². The van der Waals surface area contributed by atoms with Crippen LogP contribution in [0.3, 0.4) is 0 Å². The molecule has 0 radical (unpaired) electrons. The van der Waals surface area contributed by atoms with Crippen molar-refractivity contribution in [3.8, 4) is 11.5 Å². The number of aromatic nitrogens is 2. The number of fused-ring (bicyclic) bond motifs is 2. The van der Waals surface area contributed by atoms with Gasteiger partial charge in [-0.2, -0.15) is 0 Å². The summed E-state index contributed by atoms with van der Waals surface area (Å²) in [6, 6.07) is 5.24. The van der Waals surface area contributed by atoms with E-state index < -0.39 is 5.60 Å². The van der Waals surface area contributed by atoms with Gasteiger partial charge in [0.1, 0.15) is 17.1 Å². The van der Waals surface area contributed by atoms with Crippen molar-refractivity contribution in [3.05, 3.63) is 41.2 Å². The first-order chi connectivity index (χ1) is 13.6. The molecule has 2 aromatic rings. The number of rotatable bonds is 3. The van der Waals surface area contributed by atoms with Gasteiger partial charge in [0.15, 0.2) is 0 Å². The van der Waals surface area contributed by atoms with E-state index in [4.69, 9.17) is 19.9 Å². The number of likely N-dealkylation sites (tertiary alicyclic amines) is 1. The number of hydrogen-bond acceptors (Lipinski definition) is 7. The van der Waals surface area contributed by atoms with E-state index in [9.17, 15) is 4.79 Å². The summed E-state index contributed by atoms with van der Waals surface area (Å²) in [6.45, 7) is 1.74. The van der Waals surface area contributed by atoms with E-state index in [1.54, 1.807) is 38.6 Å². The molecule has 0 saturated carbocycles. The summed E-state index contributed by atoms with van der Waals surface area (Å²) >= 11 is 0. The molecule has 0 bridgehead atoms. The molecule has 2 N–H and O–H groups in total. The van der Waals surface area contributed by atoms with E-state index in [0.717, 1.165) is 17.7 Å². The zero-order valence-corrected chi connectivity index (χ0v) is 16.1. The number of carbonyl (C=O) groups excluding carboxylic acids is 1. The molecule has 1 saturated heterocycles. The largest absolute Gasteiger partial charge is 0.497 e. The van der Waals surface area contributed by atoms with Crippen LogP contribution in [0, 0.1) is 0 Å². The lowest BCUT2D eigenvalue weighted by Gasteiger charge is -2.44. The zero-order valence-electron chi connectivity index (χ0n) is 16.1.